The predicted molar refractivity (Wildman–Crippen MR) is 73.2 cm³/mol. The number of methoxy groups -OCH3 is 1. The van der Waals surface area contributed by atoms with E-state index < -0.39 is 5.60 Å². The molecule has 6 heteroatoms. The molecule has 20 heavy (non-hydrogen) atoms. The van der Waals surface area contributed by atoms with Gasteiger partial charge in [-0.15, -0.1) is 0 Å². The Labute approximate surface area is 116 Å². The molecule has 3 rings (SSSR count). The molecule has 1 aromatic carbocycles. The highest BCUT2D eigenvalue weighted by molar-refractivity contribution is 5.71. The number of aromatic nitrogens is 2. The topological polar surface area (TPSA) is 83.4 Å². The highest BCUT2D eigenvalue weighted by atomic mass is 16.5. The van der Waals surface area contributed by atoms with E-state index >= 15 is 0 Å². The summed E-state index contributed by atoms with van der Waals surface area (Å²) < 4.78 is 16.1. The van der Waals surface area contributed by atoms with E-state index in [0.717, 1.165) is 19.4 Å². The van der Waals surface area contributed by atoms with Crippen molar-refractivity contribution in [1.29, 1.82) is 0 Å². The molecule has 1 saturated heterocycles. The Hall–Kier alpha value is -2.08. The maximum atomic E-state index is 5.99. The van der Waals surface area contributed by atoms with Crippen LogP contribution in [0.4, 0.5) is 5.69 Å². The fourth-order valence-electron chi connectivity index (χ4n) is 2.37. The third-order valence-electron chi connectivity index (χ3n) is 3.61. The van der Waals surface area contributed by atoms with Crippen molar-refractivity contribution in [3.05, 3.63) is 24.0 Å². The van der Waals surface area contributed by atoms with E-state index in [9.17, 15) is 0 Å². The lowest BCUT2D eigenvalue weighted by Crippen LogP contribution is -2.21. The zero-order chi connectivity index (χ0) is 14.2. The van der Waals surface area contributed by atoms with Crippen molar-refractivity contribution in [3.63, 3.8) is 0 Å². The summed E-state index contributed by atoms with van der Waals surface area (Å²) in [6.07, 6.45) is 1.90. The van der Waals surface area contributed by atoms with Gasteiger partial charge in [-0.2, -0.15) is 4.98 Å². The molecule has 1 unspecified atom stereocenters. The van der Waals surface area contributed by atoms with Crippen LogP contribution in [0.5, 0.6) is 5.75 Å². The summed E-state index contributed by atoms with van der Waals surface area (Å²) in [5, 5.41) is 4.03. The second-order valence-corrected chi connectivity index (χ2v) is 5.06. The zero-order valence-corrected chi connectivity index (χ0v) is 11.5. The van der Waals surface area contributed by atoms with Crippen LogP contribution in [0.1, 0.15) is 25.6 Å². The number of anilines is 1. The second-order valence-electron chi connectivity index (χ2n) is 5.06. The van der Waals surface area contributed by atoms with E-state index in [1.165, 1.54) is 0 Å². The summed E-state index contributed by atoms with van der Waals surface area (Å²) in [7, 11) is 1.59. The van der Waals surface area contributed by atoms with Crippen LogP contribution in [0.25, 0.3) is 11.5 Å². The van der Waals surface area contributed by atoms with Crippen molar-refractivity contribution in [2.24, 2.45) is 0 Å². The summed E-state index contributed by atoms with van der Waals surface area (Å²) in [6, 6.07) is 5.35. The Kier molecular flexibility index (Phi) is 3.10. The van der Waals surface area contributed by atoms with Gasteiger partial charge in [0.05, 0.1) is 12.7 Å². The van der Waals surface area contributed by atoms with Crippen LogP contribution in [0.15, 0.2) is 22.7 Å². The van der Waals surface area contributed by atoms with Crippen LogP contribution in [0.3, 0.4) is 0 Å². The van der Waals surface area contributed by atoms with Crippen LogP contribution >= 0.6 is 0 Å². The average Bonchev–Trinajstić information content (AvgIpc) is 3.08. The van der Waals surface area contributed by atoms with Crippen LogP contribution in [-0.2, 0) is 10.3 Å². The predicted octanol–water partition coefficient (Wildman–Crippen LogP) is 2.35. The van der Waals surface area contributed by atoms with Gasteiger partial charge in [0, 0.05) is 18.4 Å². The second kappa shape index (κ2) is 4.79. The smallest absolute Gasteiger partial charge is 0.260 e. The Balaban J connectivity index is 1.94. The summed E-state index contributed by atoms with van der Waals surface area (Å²) in [5.74, 6) is 1.66. The van der Waals surface area contributed by atoms with E-state index in [2.05, 4.69) is 10.1 Å². The van der Waals surface area contributed by atoms with Gasteiger partial charge in [0.1, 0.15) is 11.4 Å². The van der Waals surface area contributed by atoms with Crippen LogP contribution in [0.2, 0.25) is 0 Å². The fraction of sp³-hybridized carbons (Fsp3) is 0.429. The minimum Gasteiger partial charge on any atom is -0.497 e. The molecule has 1 fully saturated rings. The molecule has 0 saturated carbocycles. The molecule has 106 valence electrons. The summed E-state index contributed by atoms with van der Waals surface area (Å²) in [6.45, 7) is 2.71. The number of hydrogen-bond donors (Lipinski definition) is 1. The first-order chi connectivity index (χ1) is 9.62. The van der Waals surface area contributed by atoms with Gasteiger partial charge in [0.2, 0.25) is 5.82 Å². The molecule has 0 amide bonds. The van der Waals surface area contributed by atoms with Gasteiger partial charge in [0.15, 0.2) is 0 Å². The molecular weight excluding hydrogens is 258 g/mol. The van der Waals surface area contributed by atoms with Crippen LogP contribution < -0.4 is 10.5 Å². The molecule has 0 radical (unpaired) electrons. The Morgan fingerprint density at radius 3 is 2.90 bits per heavy atom. The molecule has 0 bridgehead atoms. The van der Waals surface area contributed by atoms with E-state index in [0.29, 0.717) is 28.7 Å². The molecule has 1 aliphatic heterocycles. The van der Waals surface area contributed by atoms with Crippen LogP contribution in [0, 0.1) is 0 Å². The third-order valence-corrected chi connectivity index (χ3v) is 3.61. The number of nitrogens with zero attached hydrogens (tertiary/aromatic N) is 2. The number of ether oxygens (including phenoxy) is 2. The minimum atomic E-state index is -0.455. The van der Waals surface area contributed by atoms with E-state index in [-0.39, 0.29) is 0 Å². The molecule has 0 spiro atoms. The quantitative estimate of drug-likeness (QED) is 0.866. The first-order valence-electron chi connectivity index (χ1n) is 6.54. The average molecular weight is 275 g/mol. The Bertz CT molecular complexity index is 618. The summed E-state index contributed by atoms with van der Waals surface area (Å²) in [4.78, 5) is 4.43. The van der Waals surface area contributed by atoms with Gasteiger partial charge in [0.25, 0.3) is 5.89 Å². The van der Waals surface area contributed by atoms with Crippen molar-refractivity contribution in [3.8, 4) is 17.2 Å². The van der Waals surface area contributed by atoms with Crippen molar-refractivity contribution in [2.75, 3.05) is 19.5 Å². The van der Waals surface area contributed by atoms with Crippen molar-refractivity contribution in [2.45, 2.75) is 25.4 Å². The molecule has 1 atom stereocenters. The Morgan fingerprint density at radius 1 is 1.40 bits per heavy atom. The van der Waals surface area contributed by atoms with E-state index in [4.69, 9.17) is 19.7 Å². The Morgan fingerprint density at radius 2 is 2.25 bits per heavy atom. The van der Waals surface area contributed by atoms with Crippen molar-refractivity contribution < 1.29 is 14.0 Å². The highest BCUT2D eigenvalue weighted by Crippen LogP contribution is 2.35. The largest absolute Gasteiger partial charge is 0.497 e. The monoisotopic (exact) mass is 275 g/mol. The van der Waals surface area contributed by atoms with Gasteiger partial charge < -0.3 is 19.7 Å². The third kappa shape index (κ3) is 2.12. The van der Waals surface area contributed by atoms with Gasteiger partial charge in [-0.25, -0.2) is 0 Å². The molecule has 2 heterocycles. The molecule has 2 aromatic rings. The van der Waals surface area contributed by atoms with Crippen molar-refractivity contribution in [1.82, 2.24) is 10.1 Å². The first kappa shape index (κ1) is 12.9. The molecule has 1 aliphatic rings. The molecule has 0 aliphatic carbocycles. The lowest BCUT2D eigenvalue weighted by molar-refractivity contribution is 0.00768. The van der Waals surface area contributed by atoms with Gasteiger partial charge in [-0.1, -0.05) is 5.16 Å². The molecule has 1 aromatic heterocycles. The number of benzene rings is 1. The normalized spacial score (nSPS) is 22.1. The zero-order valence-electron chi connectivity index (χ0n) is 11.5. The fourth-order valence-corrected chi connectivity index (χ4v) is 2.37. The summed E-state index contributed by atoms with van der Waals surface area (Å²) >= 11 is 0. The molecule has 2 N–H and O–H groups in total. The maximum absolute atomic E-state index is 5.99. The SMILES string of the molecule is COc1ccc(-c2nc(C3(C)CCCO3)no2)c(N)c1. The maximum Gasteiger partial charge on any atom is 0.260 e. The standard InChI is InChI=1S/C14H17N3O3/c1-14(6-3-7-19-14)13-16-12(20-17-13)10-5-4-9(18-2)8-11(10)15/h4-5,8H,3,6-7,15H2,1-2H3. The first-order valence-corrected chi connectivity index (χ1v) is 6.54. The van der Waals surface area contributed by atoms with Gasteiger partial charge >= 0.3 is 0 Å². The lowest BCUT2D eigenvalue weighted by Gasteiger charge is -2.17. The lowest BCUT2D eigenvalue weighted by atomic mass is 10.0. The molecule has 6 nitrogen and oxygen atoms in total. The number of nitrogens with two attached hydrogens (primary N) is 1. The van der Waals surface area contributed by atoms with Gasteiger partial charge in [-0.3, -0.25) is 0 Å². The number of nitrogen functional groups attached to an aromatic ring is 1. The highest BCUT2D eigenvalue weighted by Gasteiger charge is 2.36. The summed E-state index contributed by atoms with van der Waals surface area (Å²) in [5.41, 5.74) is 6.77. The number of hydrogen-bond acceptors (Lipinski definition) is 6. The van der Waals surface area contributed by atoms with E-state index in [1.807, 2.05) is 19.1 Å². The minimum absolute atomic E-state index is 0.400. The van der Waals surface area contributed by atoms with Gasteiger partial charge in [-0.05, 0) is 31.9 Å². The molecular formula is C14H17N3O3. The van der Waals surface area contributed by atoms with Crippen molar-refractivity contribution >= 4 is 5.69 Å². The number of rotatable bonds is 3. The van der Waals surface area contributed by atoms with Crippen LogP contribution in [-0.4, -0.2) is 23.9 Å². The van der Waals surface area contributed by atoms with E-state index in [1.54, 1.807) is 13.2 Å².